The summed E-state index contributed by atoms with van der Waals surface area (Å²) in [5, 5.41) is 6.62. The lowest BCUT2D eigenvalue weighted by atomic mass is 9.98. The van der Waals surface area contributed by atoms with Gasteiger partial charge in [0.15, 0.2) is 0 Å². The quantitative estimate of drug-likeness (QED) is 0.392. The summed E-state index contributed by atoms with van der Waals surface area (Å²) >= 11 is 0. The summed E-state index contributed by atoms with van der Waals surface area (Å²) < 4.78 is 18.9. The molecule has 1 aliphatic rings. The van der Waals surface area contributed by atoms with Crippen LogP contribution in [0.15, 0.2) is 60.8 Å². The number of anilines is 2. The number of piperidine rings is 1. The number of aromatic nitrogens is 4. The molecule has 0 atom stereocenters. The van der Waals surface area contributed by atoms with E-state index in [0.717, 1.165) is 60.1 Å². The van der Waals surface area contributed by atoms with Crippen molar-refractivity contribution < 1.29 is 9.13 Å². The molecule has 3 N–H and O–H groups in total. The van der Waals surface area contributed by atoms with Crippen LogP contribution in [0.4, 0.5) is 16.0 Å². The number of hydrogen-bond acceptors (Lipinski definition) is 6. The van der Waals surface area contributed by atoms with Gasteiger partial charge in [-0.1, -0.05) is 6.07 Å². The molecule has 1 aliphatic heterocycles. The zero-order chi connectivity index (χ0) is 22.6. The molecule has 0 spiro atoms. The van der Waals surface area contributed by atoms with E-state index in [-0.39, 0.29) is 5.82 Å². The van der Waals surface area contributed by atoms with Crippen molar-refractivity contribution in [2.45, 2.75) is 18.8 Å². The van der Waals surface area contributed by atoms with Crippen LogP contribution in [0.5, 0.6) is 5.75 Å². The molecular weight excluding hydrogens is 419 g/mol. The zero-order valence-electron chi connectivity index (χ0n) is 18.3. The van der Waals surface area contributed by atoms with Crippen molar-refractivity contribution in [1.29, 1.82) is 0 Å². The highest BCUT2D eigenvalue weighted by molar-refractivity contribution is 5.77. The number of ether oxygens (including phenoxy) is 1. The minimum atomic E-state index is -0.277. The third kappa shape index (κ3) is 4.70. The minimum Gasteiger partial charge on any atom is -0.497 e. The van der Waals surface area contributed by atoms with Crippen LogP contribution >= 0.6 is 0 Å². The van der Waals surface area contributed by atoms with Crippen LogP contribution in [0.1, 0.15) is 24.6 Å². The van der Waals surface area contributed by atoms with E-state index < -0.39 is 0 Å². The second kappa shape index (κ2) is 9.38. The van der Waals surface area contributed by atoms with Crippen molar-refractivity contribution in [3.63, 3.8) is 0 Å². The Balaban J connectivity index is 1.52. The highest BCUT2D eigenvalue weighted by atomic mass is 19.1. The molecule has 5 rings (SSSR count). The molecule has 7 nitrogen and oxygen atoms in total. The normalized spacial score (nSPS) is 14.2. The first-order valence-electron chi connectivity index (χ1n) is 11.0. The summed E-state index contributed by atoms with van der Waals surface area (Å²) in [5.74, 6) is 2.21. The fourth-order valence-electron chi connectivity index (χ4n) is 4.07. The lowest BCUT2D eigenvalue weighted by Gasteiger charge is -2.20. The number of hydrogen-bond donors (Lipinski definition) is 3. The first-order valence-corrected chi connectivity index (χ1v) is 11.0. The third-order valence-electron chi connectivity index (χ3n) is 5.80. The highest BCUT2D eigenvalue weighted by Gasteiger charge is 2.23. The number of rotatable bonds is 6. The van der Waals surface area contributed by atoms with Crippen molar-refractivity contribution in [3.8, 4) is 28.4 Å². The number of nitrogens with zero attached hydrogens (tertiary/aromatic N) is 3. The van der Waals surface area contributed by atoms with Gasteiger partial charge in [-0.3, -0.25) is 0 Å². The fourth-order valence-corrected chi connectivity index (χ4v) is 4.07. The largest absolute Gasteiger partial charge is 0.497 e. The SMILES string of the molecule is COc1cccc(Nc2nccc(-c3[nH]c(C4CCNCC4)nc3-c3ccc(F)cc3)n2)c1. The van der Waals surface area contributed by atoms with Gasteiger partial charge >= 0.3 is 0 Å². The maximum atomic E-state index is 13.6. The molecular formula is C25H25FN6O. The maximum absolute atomic E-state index is 13.6. The Kier molecular flexibility index (Phi) is 5.99. The molecule has 1 fully saturated rings. The Hall–Kier alpha value is -3.78. The van der Waals surface area contributed by atoms with E-state index in [1.165, 1.54) is 12.1 Å². The van der Waals surface area contributed by atoms with Gasteiger partial charge in [-0.25, -0.2) is 19.3 Å². The van der Waals surface area contributed by atoms with Gasteiger partial charge in [-0.15, -0.1) is 0 Å². The average Bonchev–Trinajstić information content (AvgIpc) is 3.31. The van der Waals surface area contributed by atoms with E-state index in [4.69, 9.17) is 14.7 Å². The van der Waals surface area contributed by atoms with Crippen molar-refractivity contribution >= 4 is 11.6 Å². The number of halogens is 1. The molecule has 2 aromatic heterocycles. The van der Waals surface area contributed by atoms with Gasteiger partial charge in [-0.05, 0) is 68.4 Å². The van der Waals surface area contributed by atoms with E-state index in [9.17, 15) is 4.39 Å². The summed E-state index contributed by atoms with van der Waals surface area (Å²) in [6.45, 7) is 1.93. The number of benzene rings is 2. The van der Waals surface area contributed by atoms with Gasteiger partial charge < -0.3 is 20.4 Å². The summed E-state index contributed by atoms with van der Waals surface area (Å²) in [4.78, 5) is 17.6. The van der Waals surface area contributed by atoms with Gasteiger partial charge in [0.1, 0.15) is 17.4 Å². The summed E-state index contributed by atoms with van der Waals surface area (Å²) in [6, 6.07) is 15.8. The summed E-state index contributed by atoms with van der Waals surface area (Å²) in [6.07, 6.45) is 3.74. The van der Waals surface area contributed by atoms with Crippen molar-refractivity contribution in [2.75, 3.05) is 25.5 Å². The Bertz CT molecular complexity index is 1230. The molecule has 0 bridgehead atoms. The Morgan fingerprint density at radius 3 is 2.64 bits per heavy atom. The van der Waals surface area contributed by atoms with Crippen molar-refractivity contribution in [3.05, 3.63) is 72.4 Å². The zero-order valence-corrected chi connectivity index (χ0v) is 18.3. The van der Waals surface area contributed by atoms with Gasteiger partial charge in [0.2, 0.25) is 5.95 Å². The predicted molar refractivity (Wildman–Crippen MR) is 126 cm³/mol. The first kappa shape index (κ1) is 21.1. The van der Waals surface area contributed by atoms with E-state index in [2.05, 4.69) is 20.6 Å². The molecule has 0 radical (unpaired) electrons. The molecule has 0 unspecified atom stereocenters. The van der Waals surface area contributed by atoms with Crippen LogP contribution in [-0.2, 0) is 0 Å². The molecule has 1 saturated heterocycles. The van der Waals surface area contributed by atoms with Gasteiger partial charge in [-0.2, -0.15) is 0 Å². The fraction of sp³-hybridized carbons (Fsp3) is 0.240. The highest BCUT2D eigenvalue weighted by Crippen LogP contribution is 2.33. The number of nitrogens with one attached hydrogen (secondary N) is 3. The van der Waals surface area contributed by atoms with Crippen LogP contribution in [0.2, 0.25) is 0 Å². The maximum Gasteiger partial charge on any atom is 0.227 e. The summed E-state index contributed by atoms with van der Waals surface area (Å²) in [5.41, 5.74) is 3.93. The number of imidazole rings is 1. The third-order valence-corrected chi connectivity index (χ3v) is 5.80. The standard InChI is InChI=1S/C25H25FN6O/c1-33-20-4-2-3-19(15-20)29-25-28-14-11-21(30-25)23-22(16-5-7-18(26)8-6-16)31-24(32-23)17-9-12-27-13-10-17/h2-8,11,14-15,17,27H,9-10,12-13H2,1H3,(H,31,32)(H,28,29,30). The molecule has 0 saturated carbocycles. The topological polar surface area (TPSA) is 87.8 Å². The van der Waals surface area contributed by atoms with Crippen LogP contribution < -0.4 is 15.4 Å². The molecule has 4 aromatic rings. The molecule has 0 amide bonds. The molecule has 3 heterocycles. The second-order valence-electron chi connectivity index (χ2n) is 8.00. The number of aromatic amines is 1. The molecule has 0 aliphatic carbocycles. The Morgan fingerprint density at radius 1 is 1.03 bits per heavy atom. The monoisotopic (exact) mass is 444 g/mol. The van der Waals surface area contributed by atoms with E-state index in [1.807, 2.05) is 30.3 Å². The Morgan fingerprint density at radius 2 is 1.85 bits per heavy atom. The van der Waals surface area contributed by atoms with Crippen LogP contribution in [0.3, 0.4) is 0 Å². The average molecular weight is 445 g/mol. The van der Waals surface area contributed by atoms with Crippen molar-refractivity contribution in [1.82, 2.24) is 25.3 Å². The predicted octanol–water partition coefficient (Wildman–Crippen LogP) is 4.89. The van der Waals surface area contributed by atoms with Gasteiger partial charge in [0.05, 0.1) is 24.2 Å². The van der Waals surface area contributed by atoms with E-state index in [1.54, 1.807) is 25.4 Å². The van der Waals surface area contributed by atoms with Gasteiger partial charge in [0.25, 0.3) is 0 Å². The molecule has 33 heavy (non-hydrogen) atoms. The molecule has 2 aromatic carbocycles. The Labute approximate surface area is 191 Å². The molecule has 8 heteroatoms. The minimum absolute atomic E-state index is 0.277. The van der Waals surface area contributed by atoms with E-state index >= 15 is 0 Å². The molecule has 168 valence electrons. The smallest absolute Gasteiger partial charge is 0.227 e. The van der Waals surface area contributed by atoms with Gasteiger partial charge in [0, 0.05) is 29.4 Å². The van der Waals surface area contributed by atoms with Crippen molar-refractivity contribution in [2.24, 2.45) is 0 Å². The van der Waals surface area contributed by atoms with Crippen LogP contribution in [0.25, 0.3) is 22.6 Å². The number of H-pyrrole nitrogens is 1. The van der Waals surface area contributed by atoms with Crippen LogP contribution in [0, 0.1) is 5.82 Å². The lowest BCUT2D eigenvalue weighted by molar-refractivity contribution is 0.415. The number of methoxy groups -OCH3 is 1. The summed E-state index contributed by atoms with van der Waals surface area (Å²) in [7, 11) is 1.63. The van der Waals surface area contributed by atoms with Crippen LogP contribution in [-0.4, -0.2) is 40.1 Å². The van der Waals surface area contributed by atoms with E-state index in [0.29, 0.717) is 17.6 Å². The second-order valence-corrected chi connectivity index (χ2v) is 8.00. The lowest BCUT2D eigenvalue weighted by Crippen LogP contribution is -2.27. The first-order chi connectivity index (χ1) is 16.2.